The highest BCUT2D eigenvalue weighted by Crippen LogP contribution is 2.32. The first kappa shape index (κ1) is 11.2. The van der Waals surface area contributed by atoms with E-state index in [9.17, 15) is 0 Å². The van der Waals surface area contributed by atoms with E-state index in [0.29, 0.717) is 0 Å². The van der Waals surface area contributed by atoms with Gasteiger partial charge in [0.1, 0.15) is 0 Å². The monoisotopic (exact) mass is 234 g/mol. The third-order valence-corrected chi connectivity index (χ3v) is 4.36. The summed E-state index contributed by atoms with van der Waals surface area (Å²) in [4.78, 5) is 5.30. The summed E-state index contributed by atoms with van der Waals surface area (Å²) >= 11 is 0. The minimum Gasteiger partial charge on any atom is -0.299 e. The van der Waals surface area contributed by atoms with Gasteiger partial charge in [-0.05, 0) is 19.4 Å². The molecule has 2 saturated heterocycles. The van der Waals surface area contributed by atoms with Crippen LogP contribution in [0.3, 0.4) is 0 Å². The molecule has 4 heteroatoms. The van der Waals surface area contributed by atoms with Gasteiger partial charge in [-0.2, -0.15) is 5.10 Å². The topological polar surface area (TPSA) is 24.3 Å². The van der Waals surface area contributed by atoms with Gasteiger partial charge in [0, 0.05) is 50.5 Å². The predicted molar refractivity (Wildman–Crippen MR) is 67.7 cm³/mol. The van der Waals surface area contributed by atoms with Crippen molar-refractivity contribution in [2.75, 3.05) is 19.6 Å². The molecule has 4 nitrogen and oxygen atoms in total. The lowest BCUT2D eigenvalue weighted by atomic mass is 10.1. The number of aryl methyl sites for hydroxylation is 1. The van der Waals surface area contributed by atoms with Crippen molar-refractivity contribution in [2.24, 2.45) is 7.05 Å². The second-order valence-corrected chi connectivity index (χ2v) is 5.33. The van der Waals surface area contributed by atoms with E-state index in [-0.39, 0.29) is 0 Å². The van der Waals surface area contributed by atoms with Crippen LogP contribution in [0, 0.1) is 0 Å². The van der Waals surface area contributed by atoms with Crippen molar-refractivity contribution < 1.29 is 0 Å². The zero-order valence-electron chi connectivity index (χ0n) is 10.8. The number of hydrogen-bond donors (Lipinski definition) is 0. The van der Waals surface area contributed by atoms with E-state index < -0.39 is 0 Å². The molecule has 0 N–H and O–H groups in total. The first-order valence-electron chi connectivity index (χ1n) is 6.73. The molecule has 0 aromatic carbocycles. The van der Waals surface area contributed by atoms with Crippen molar-refractivity contribution in [3.63, 3.8) is 0 Å². The van der Waals surface area contributed by atoms with E-state index in [1.165, 1.54) is 38.0 Å². The van der Waals surface area contributed by atoms with Crippen LogP contribution in [-0.4, -0.2) is 51.3 Å². The first-order valence-corrected chi connectivity index (χ1v) is 6.73. The maximum absolute atomic E-state index is 4.25. The van der Waals surface area contributed by atoms with Crippen LogP contribution in [0.15, 0.2) is 12.4 Å². The average Bonchev–Trinajstić information content (AvgIpc) is 2.97. The molecule has 2 fully saturated rings. The predicted octanol–water partition coefficient (Wildman–Crippen LogP) is 1.09. The third kappa shape index (κ3) is 2.00. The van der Waals surface area contributed by atoms with Crippen LogP contribution < -0.4 is 0 Å². The molecule has 2 aliphatic rings. The standard InChI is InChI=1S/C13H22N4/c1-3-16-6-4-13-12(16)5-7-17(13)10-11-8-14-15(2)9-11/h8-9,12-13H,3-7,10H2,1-2H3/t12-,13-/m1/s1. The van der Waals surface area contributed by atoms with Gasteiger partial charge in [0.05, 0.1) is 6.20 Å². The lowest BCUT2D eigenvalue weighted by Crippen LogP contribution is -2.36. The summed E-state index contributed by atoms with van der Waals surface area (Å²) in [6.45, 7) is 7.11. The number of hydrogen-bond acceptors (Lipinski definition) is 3. The van der Waals surface area contributed by atoms with Crippen LogP contribution in [0.1, 0.15) is 25.3 Å². The molecule has 2 atom stereocenters. The number of nitrogens with zero attached hydrogens (tertiary/aromatic N) is 4. The quantitative estimate of drug-likeness (QED) is 0.782. The highest BCUT2D eigenvalue weighted by molar-refractivity contribution is 5.07. The van der Waals surface area contributed by atoms with E-state index in [4.69, 9.17) is 0 Å². The lowest BCUT2D eigenvalue weighted by Gasteiger charge is -2.24. The van der Waals surface area contributed by atoms with Crippen molar-refractivity contribution in [1.82, 2.24) is 19.6 Å². The highest BCUT2D eigenvalue weighted by Gasteiger charge is 2.41. The largest absolute Gasteiger partial charge is 0.299 e. The fraction of sp³-hybridized carbons (Fsp3) is 0.769. The Bertz CT molecular complexity index is 387. The number of likely N-dealkylation sites (tertiary alicyclic amines) is 2. The summed E-state index contributed by atoms with van der Waals surface area (Å²) in [5, 5.41) is 4.25. The Hall–Kier alpha value is -0.870. The zero-order chi connectivity index (χ0) is 11.8. The molecule has 3 rings (SSSR count). The third-order valence-electron chi connectivity index (χ3n) is 4.36. The van der Waals surface area contributed by atoms with Gasteiger partial charge in [0.25, 0.3) is 0 Å². The Morgan fingerprint density at radius 2 is 1.94 bits per heavy atom. The molecule has 1 aromatic rings. The Labute approximate surface area is 103 Å². The van der Waals surface area contributed by atoms with Gasteiger partial charge in [-0.3, -0.25) is 14.5 Å². The van der Waals surface area contributed by atoms with E-state index in [0.717, 1.165) is 18.6 Å². The molecule has 17 heavy (non-hydrogen) atoms. The zero-order valence-corrected chi connectivity index (χ0v) is 10.8. The van der Waals surface area contributed by atoms with Crippen molar-refractivity contribution in [3.8, 4) is 0 Å². The van der Waals surface area contributed by atoms with Crippen molar-refractivity contribution in [2.45, 2.75) is 38.4 Å². The summed E-state index contributed by atoms with van der Waals surface area (Å²) in [5.74, 6) is 0. The molecule has 0 unspecified atom stereocenters. The van der Waals surface area contributed by atoms with E-state index >= 15 is 0 Å². The second-order valence-electron chi connectivity index (χ2n) is 5.33. The molecule has 0 saturated carbocycles. The second kappa shape index (κ2) is 4.42. The minimum absolute atomic E-state index is 0.787. The average molecular weight is 234 g/mol. The van der Waals surface area contributed by atoms with Gasteiger partial charge in [-0.15, -0.1) is 0 Å². The van der Waals surface area contributed by atoms with Crippen molar-refractivity contribution in [1.29, 1.82) is 0 Å². The van der Waals surface area contributed by atoms with Gasteiger partial charge in [-0.25, -0.2) is 0 Å². The van der Waals surface area contributed by atoms with Crippen LogP contribution >= 0.6 is 0 Å². The fourth-order valence-electron chi connectivity index (χ4n) is 3.54. The molecule has 0 aliphatic carbocycles. The normalized spacial score (nSPS) is 30.0. The Morgan fingerprint density at radius 3 is 2.59 bits per heavy atom. The van der Waals surface area contributed by atoms with Gasteiger partial charge in [-0.1, -0.05) is 6.92 Å². The van der Waals surface area contributed by atoms with E-state index in [1.54, 1.807) is 0 Å². The number of likely N-dealkylation sites (N-methyl/N-ethyl adjacent to an activating group) is 1. The van der Waals surface area contributed by atoms with E-state index in [2.05, 4.69) is 28.0 Å². The van der Waals surface area contributed by atoms with Crippen LogP contribution in [0.4, 0.5) is 0 Å². The van der Waals surface area contributed by atoms with Gasteiger partial charge in [0.15, 0.2) is 0 Å². The number of rotatable bonds is 3. The Kier molecular flexibility index (Phi) is 2.92. The summed E-state index contributed by atoms with van der Waals surface area (Å²) < 4.78 is 1.90. The Balaban J connectivity index is 1.66. The van der Waals surface area contributed by atoms with Gasteiger partial charge in [0.2, 0.25) is 0 Å². The van der Waals surface area contributed by atoms with Crippen molar-refractivity contribution >= 4 is 0 Å². The Morgan fingerprint density at radius 1 is 1.24 bits per heavy atom. The first-order chi connectivity index (χ1) is 8.28. The molecular formula is C13H22N4. The van der Waals surface area contributed by atoms with Crippen LogP contribution in [-0.2, 0) is 13.6 Å². The van der Waals surface area contributed by atoms with Crippen LogP contribution in [0.25, 0.3) is 0 Å². The molecule has 2 aliphatic heterocycles. The molecule has 1 aromatic heterocycles. The number of aromatic nitrogens is 2. The van der Waals surface area contributed by atoms with E-state index in [1.807, 2.05) is 17.9 Å². The lowest BCUT2D eigenvalue weighted by molar-refractivity contribution is 0.222. The number of fused-ring (bicyclic) bond motifs is 1. The molecule has 94 valence electrons. The maximum Gasteiger partial charge on any atom is 0.0534 e. The molecular weight excluding hydrogens is 212 g/mol. The smallest absolute Gasteiger partial charge is 0.0534 e. The van der Waals surface area contributed by atoms with Gasteiger partial charge >= 0.3 is 0 Å². The van der Waals surface area contributed by atoms with Crippen molar-refractivity contribution in [3.05, 3.63) is 18.0 Å². The van der Waals surface area contributed by atoms with Crippen LogP contribution in [0.5, 0.6) is 0 Å². The fourth-order valence-corrected chi connectivity index (χ4v) is 3.54. The SMILES string of the molecule is CCN1CC[C@@H]2[C@H]1CCN2Cc1cnn(C)c1. The minimum atomic E-state index is 0.787. The van der Waals surface area contributed by atoms with Gasteiger partial charge < -0.3 is 0 Å². The molecule has 0 bridgehead atoms. The molecule has 3 heterocycles. The molecule has 0 radical (unpaired) electrons. The summed E-state index contributed by atoms with van der Waals surface area (Å²) in [5.41, 5.74) is 1.35. The maximum atomic E-state index is 4.25. The summed E-state index contributed by atoms with van der Waals surface area (Å²) in [6.07, 6.45) is 6.83. The molecule has 0 amide bonds. The highest BCUT2D eigenvalue weighted by atomic mass is 15.3. The summed E-state index contributed by atoms with van der Waals surface area (Å²) in [7, 11) is 1.99. The molecule has 0 spiro atoms. The van der Waals surface area contributed by atoms with Crippen LogP contribution in [0.2, 0.25) is 0 Å². The summed E-state index contributed by atoms with van der Waals surface area (Å²) in [6, 6.07) is 1.60.